The first kappa shape index (κ1) is 12.9. The third kappa shape index (κ3) is 2.44. The second-order valence-corrected chi connectivity index (χ2v) is 4.97. The maximum Gasteiger partial charge on any atom is 0.417 e. The fraction of sp³-hybridized carbons (Fsp3) is 0.182. The molecule has 104 valence electrons. The summed E-state index contributed by atoms with van der Waals surface area (Å²) in [5.74, 6) is 0.509. The first-order valence-corrected chi connectivity index (χ1v) is 6.44. The molecular formula is C11H8F3N5S. The first-order valence-electron chi connectivity index (χ1n) is 5.56. The highest BCUT2D eigenvalue weighted by Gasteiger charge is 2.31. The second-order valence-electron chi connectivity index (χ2n) is 3.98. The van der Waals surface area contributed by atoms with Gasteiger partial charge in [-0.05, 0) is 6.07 Å². The van der Waals surface area contributed by atoms with Crippen molar-refractivity contribution in [3.05, 3.63) is 34.5 Å². The maximum absolute atomic E-state index is 12.5. The Balaban J connectivity index is 1.76. The average Bonchev–Trinajstić information content (AvgIpc) is 3.04. The molecule has 0 saturated heterocycles. The Morgan fingerprint density at radius 3 is 2.85 bits per heavy atom. The van der Waals surface area contributed by atoms with E-state index < -0.39 is 11.7 Å². The van der Waals surface area contributed by atoms with Gasteiger partial charge in [-0.15, -0.1) is 11.3 Å². The highest BCUT2D eigenvalue weighted by Crippen LogP contribution is 2.32. The summed E-state index contributed by atoms with van der Waals surface area (Å²) in [6, 6.07) is 1.13. The summed E-state index contributed by atoms with van der Waals surface area (Å²) in [7, 11) is 0. The predicted octanol–water partition coefficient (Wildman–Crippen LogP) is 3.05. The van der Waals surface area contributed by atoms with E-state index in [0.717, 1.165) is 22.8 Å². The van der Waals surface area contributed by atoms with Crippen molar-refractivity contribution in [1.29, 1.82) is 0 Å². The molecule has 0 aliphatic rings. The Morgan fingerprint density at radius 2 is 2.10 bits per heavy atom. The number of aromatic nitrogens is 4. The Kier molecular flexibility index (Phi) is 3.05. The molecule has 3 rings (SSSR count). The monoisotopic (exact) mass is 299 g/mol. The largest absolute Gasteiger partial charge is 0.417 e. The number of anilines is 1. The third-order valence-electron chi connectivity index (χ3n) is 2.63. The zero-order valence-electron chi connectivity index (χ0n) is 9.90. The Morgan fingerprint density at radius 1 is 1.25 bits per heavy atom. The van der Waals surface area contributed by atoms with E-state index in [2.05, 4.69) is 25.3 Å². The van der Waals surface area contributed by atoms with Crippen LogP contribution in [0.5, 0.6) is 0 Å². The molecule has 3 aromatic heterocycles. The fourth-order valence-corrected chi connectivity index (χ4v) is 2.52. The Labute approximate surface area is 114 Å². The number of hydrogen-bond acceptors (Lipinski definition) is 5. The molecule has 2 N–H and O–H groups in total. The average molecular weight is 299 g/mol. The summed E-state index contributed by atoms with van der Waals surface area (Å²) in [6.07, 6.45) is -1.47. The minimum absolute atomic E-state index is 0.256. The van der Waals surface area contributed by atoms with E-state index in [0.29, 0.717) is 21.9 Å². The number of thiophene rings is 1. The summed E-state index contributed by atoms with van der Waals surface area (Å²) in [5, 5.41) is 4.08. The van der Waals surface area contributed by atoms with E-state index in [9.17, 15) is 13.2 Å². The van der Waals surface area contributed by atoms with Crippen LogP contribution in [0.15, 0.2) is 24.1 Å². The van der Waals surface area contributed by atoms with Gasteiger partial charge in [-0.25, -0.2) is 15.0 Å². The predicted molar refractivity (Wildman–Crippen MR) is 68.3 cm³/mol. The van der Waals surface area contributed by atoms with E-state index in [1.165, 1.54) is 12.7 Å². The van der Waals surface area contributed by atoms with Crippen LogP contribution in [0.2, 0.25) is 0 Å². The minimum Gasteiger partial charge on any atom is -0.363 e. The lowest BCUT2D eigenvalue weighted by Crippen LogP contribution is -2.03. The SMILES string of the molecule is FC(F)(F)c1csc(CNc2ncnc3nc[nH]c23)c1. The van der Waals surface area contributed by atoms with Crippen LogP contribution in [0.3, 0.4) is 0 Å². The van der Waals surface area contributed by atoms with Gasteiger partial charge in [-0.3, -0.25) is 0 Å². The van der Waals surface area contributed by atoms with Crippen LogP contribution in [-0.2, 0) is 12.7 Å². The summed E-state index contributed by atoms with van der Waals surface area (Å²) in [6.45, 7) is 0.256. The summed E-state index contributed by atoms with van der Waals surface area (Å²) in [5.41, 5.74) is 0.499. The molecule has 3 heterocycles. The number of hydrogen-bond donors (Lipinski definition) is 2. The lowest BCUT2D eigenvalue weighted by molar-refractivity contribution is -0.137. The molecule has 3 aromatic rings. The summed E-state index contributed by atoms with van der Waals surface area (Å²) < 4.78 is 37.5. The normalized spacial score (nSPS) is 11.9. The van der Waals surface area contributed by atoms with Crippen molar-refractivity contribution < 1.29 is 13.2 Å². The number of alkyl halides is 3. The second kappa shape index (κ2) is 4.75. The van der Waals surface area contributed by atoms with Gasteiger partial charge in [0.1, 0.15) is 11.8 Å². The van der Waals surface area contributed by atoms with Crippen LogP contribution in [0, 0.1) is 0 Å². The number of H-pyrrole nitrogens is 1. The molecule has 0 fully saturated rings. The maximum atomic E-state index is 12.5. The number of aromatic amines is 1. The number of rotatable bonds is 3. The van der Waals surface area contributed by atoms with Crippen LogP contribution >= 0.6 is 11.3 Å². The van der Waals surface area contributed by atoms with Gasteiger partial charge in [0.15, 0.2) is 11.5 Å². The summed E-state index contributed by atoms with van der Waals surface area (Å²) >= 11 is 1.05. The van der Waals surface area contributed by atoms with Crippen LogP contribution in [0.25, 0.3) is 11.2 Å². The van der Waals surface area contributed by atoms with Gasteiger partial charge in [0.05, 0.1) is 18.4 Å². The molecule has 9 heteroatoms. The number of imidazole rings is 1. The number of nitrogens with zero attached hydrogens (tertiary/aromatic N) is 3. The van der Waals surface area contributed by atoms with E-state index in [1.54, 1.807) is 0 Å². The number of halogens is 3. The molecule has 0 saturated carbocycles. The molecule has 0 bridgehead atoms. The number of fused-ring (bicyclic) bond motifs is 1. The molecule has 0 amide bonds. The smallest absolute Gasteiger partial charge is 0.363 e. The Bertz CT molecular complexity index is 733. The molecule has 20 heavy (non-hydrogen) atoms. The van der Waals surface area contributed by atoms with Crippen molar-refractivity contribution in [2.75, 3.05) is 5.32 Å². The third-order valence-corrected chi connectivity index (χ3v) is 3.57. The standard InChI is InChI=1S/C11H8F3N5S/c12-11(13,14)6-1-7(20-3-6)2-15-9-8-10(17-4-16-8)19-5-18-9/h1,3-5H,2H2,(H2,15,16,17,18,19). The molecule has 0 atom stereocenters. The molecule has 5 nitrogen and oxygen atoms in total. The van der Waals surface area contributed by atoms with Crippen molar-refractivity contribution in [2.45, 2.75) is 12.7 Å². The molecule has 0 radical (unpaired) electrons. The van der Waals surface area contributed by atoms with E-state index in [1.807, 2.05) is 0 Å². The lowest BCUT2D eigenvalue weighted by Gasteiger charge is -2.04. The van der Waals surface area contributed by atoms with Crippen LogP contribution in [0.1, 0.15) is 10.4 Å². The lowest BCUT2D eigenvalue weighted by atomic mass is 10.3. The van der Waals surface area contributed by atoms with Gasteiger partial charge in [-0.1, -0.05) is 0 Å². The van der Waals surface area contributed by atoms with Crippen LogP contribution in [0.4, 0.5) is 19.0 Å². The van der Waals surface area contributed by atoms with E-state index in [4.69, 9.17) is 0 Å². The van der Waals surface area contributed by atoms with E-state index in [-0.39, 0.29) is 6.54 Å². The van der Waals surface area contributed by atoms with Gasteiger partial charge in [-0.2, -0.15) is 13.2 Å². The van der Waals surface area contributed by atoms with Gasteiger partial charge < -0.3 is 10.3 Å². The van der Waals surface area contributed by atoms with Crippen LogP contribution in [-0.4, -0.2) is 19.9 Å². The zero-order valence-corrected chi connectivity index (χ0v) is 10.7. The fourth-order valence-electron chi connectivity index (χ4n) is 1.69. The topological polar surface area (TPSA) is 66.5 Å². The van der Waals surface area contributed by atoms with Gasteiger partial charge >= 0.3 is 6.18 Å². The molecule has 0 unspecified atom stereocenters. The summed E-state index contributed by atoms with van der Waals surface area (Å²) in [4.78, 5) is 15.4. The molecular weight excluding hydrogens is 291 g/mol. The number of nitrogens with one attached hydrogen (secondary N) is 2. The van der Waals surface area contributed by atoms with Crippen molar-refractivity contribution >= 4 is 28.3 Å². The van der Waals surface area contributed by atoms with Crippen molar-refractivity contribution in [3.8, 4) is 0 Å². The molecule has 0 aromatic carbocycles. The van der Waals surface area contributed by atoms with Crippen molar-refractivity contribution in [1.82, 2.24) is 19.9 Å². The van der Waals surface area contributed by atoms with Gasteiger partial charge in [0.2, 0.25) is 0 Å². The minimum atomic E-state index is -4.31. The molecule has 0 aliphatic heterocycles. The quantitative estimate of drug-likeness (QED) is 0.780. The molecule has 0 aliphatic carbocycles. The van der Waals surface area contributed by atoms with E-state index >= 15 is 0 Å². The zero-order chi connectivity index (χ0) is 14.2. The Hall–Kier alpha value is -2.16. The van der Waals surface area contributed by atoms with Crippen LogP contribution < -0.4 is 5.32 Å². The van der Waals surface area contributed by atoms with Gasteiger partial charge in [0, 0.05) is 10.3 Å². The van der Waals surface area contributed by atoms with Gasteiger partial charge in [0.25, 0.3) is 0 Å². The first-order chi connectivity index (χ1) is 9.54. The molecule has 0 spiro atoms. The van der Waals surface area contributed by atoms with Crippen molar-refractivity contribution in [2.24, 2.45) is 0 Å². The highest BCUT2D eigenvalue weighted by atomic mass is 32.1. The van der Waals surface area contributed by atoms with Crippen molar-refractivity contribution in [3.63, 3.8) is 0 Å². The highest BCUT2D eigenvalue weighted by molar-refractivity contribution is 7.10.